The Hall–Kier alpha value is -2.88. The highest BCUT2D eigenvalue weighted by molar-refractivity contribution is 6.31. The number of ketones is 2. The molecule has 2 aromatic carbocycles. The fourth-order valence-corrected chi connectivity index (χ4v) is 6.22. The maximum absolute atomic E-state index is 12.7. The zero-order valence-electron chi connectivity index (χ0n) is 31.1. The Morgan fingerprint density at radius 2 is 0.896 bits per heavy atom. The lowest BCUT2D eigenvalue weighted by Crippen LogP contribution is -2.03. The number of nitrogens with zero attached hydrogens (tertiary/aromatic N) is 2. The number of hydrogen-bond donors (Lipinski definition) is 0. The summed E-state index contributed by atoms with van der Waals surface area (Å²) < 4.78 is 0. The summed E-state index contributed by atoms with van der Waals surface area (Å²) in [4.78, 5) is 35.2. The number of carbonyl (C=O) groups excluding carboxylic acids is 2. The molecule has 0 saturated heterocycles. The molecule has 0 fully saturated rings. The molecule has 0 aliphatic carbocycles. The van der Waals surface area contributed by atoms with Crippen LogP contribution in [-0.4, -0.2) is 23.5 Å². The monoisotopic (exact) mass is 657 g/mol. The van der Waals surface area contributed by atoms with Crippen LogP contribution in [0, 0.1) is 0 Å². The van der Waals surface area contributed by atoms with Gasteiger partial charge in [-0.25, -0.2) is 0 Å². The molecule has 0 spiro atoms. The average molecular weight is 657 g/mol. The van der Waals surface area contributed by atoms with Gasteiger partial charge in [-0.3, -0.25) is 19.6 Å². The Morgan fingerprint density at radius 3 is 1.40 bits per heavy atom. The summed E-state index contributed by atoms with van der Waals surface area (Å²) in [5, 5.41) is 0. The van der Waals surface area contributed by atoms with Crippen LogP contribution in [0.2, 0.25) is 0 Å². The number of aliphatic imine (C=N–C) groups is 2. The van der Waals surface area contributed by atoms with Gasteiger partial charge in [0.1, 0.15) is 11.6 Å². The third-order valence-corrected chi connectivity index (χ3v) is 9.16. The smallest absolute Gasteiger partial charge is 0.137 e. The number of Topliss-reactive ketones (excluding diaryl/α,β-unsaturated/α-hetero) is 2. The highest BCUT2D eigenvalue weighted by Gasteiger charge is 2.07. The standard InChI is InChI=1S/C44H68N2O2/c1-4-7-10-13-15-17-19-22-31-43(47)35-38-26-24-29-40(33-38)45-37-42(28-21-12-9-6-3)46-41-30-25-27-39(34-41)36-44(48)32-23-20-18-16-14-11-8-5-2/h24-27,29-30,33-34,37H,4-23,28,31-32,35-36H2,1-3H3. The third kappa shape index (κ3) is 21.2. The van der Waals surface area contributed by atoms with Crippen LogP contribution in [0.3, 0.4) is 0 Å². The van der Waals surface area contributed by atoms with E-state index in [9.17, 15) is 9.59 Å². The minimum absolute atomic E-state index is 0.316. The van der Waals surface area contributed by atoms with Gasteiger partial charge in [-0.05, 0) is 61.1 Å². The number of rotatable bonds is 30. The van der Waals surface area contributed by atoms with Crippen molar-refractivity contribution < 1.29 is 9.59 Å². The zero-order valence-corrected chi connectivity index (χ0v) is 31.1. The summed E-state index contributed by atoms with van der Waals surface area (Å²) in [6, 6.07) is 16.2. The Bertz CT molecular complexity index is 1200. The van der Waals surface area contributed by atoms with E-state index in [-0.39, 0.29) is 0 Å². The van der Waals surface area contributed by atoms with Crippen molar-refractivity contribution >= 4 is 34.9 Å². The normalized spacial score (nSPS) is 11.9. The minimum atomic E-state index is 0.316. The number of carbonyl (C=O) groups is 2. The van der Waals surface area contributed by atoms with Gasteiger partial charge < -0.3 is 0 Å². The molecule has 266 valence electrons. The van der Waals surface area contributed by atoms with E-state index in [1.807, 2.05) is 48.7 Å². The molecular weight excluding hydrogens is 588 g/mol. The fraction of sp³-hybridized carbons (Fsp3) is 0.636. The lowest BCUT2D eigenvalue weighted by molar-refractivity contribution is -0.119. The van der Waals surface area contributed by atoms with Gasteiger partial charge in [0, 0.05) is 31.9 Å². The molecule has 0 saturated carbocycles. The highest BCUT2D eigenvalue weighted by atomic mass is 16.1. The molecule has 48 heavy (non-hydrogen) atoms. The van der Waals surface area contributed by atoms with E-state index in [4.69, 9.17) is 9.98 Å². The van der Waals surface area contributed by atoms with Crippen LogP contribution in [-0.2, 0) is 22.4 Å². The molecule has 0 unspecified atom stereocenters. The zero-order chi connectivity index (χ0) is 34.5. The molecule has 0 aliphatic rings. The molecule has 0 amide bonds. The van der Waals surface area contributed by atoms with Crippen molar-refractivity contribution in [2.24, 2.45) is 9.98 Å². The number of benzene rings is 2. The molecule has 2 aromatic rings. The summed E-state index contributed by atoms with van der Waals surface area (Å²) in [6.45, 7) is 6.73. The van der Waals surface area contributed by atoms with Gasteiger partial charge in [-0.1, -0.05) is 154 Å². The molecule has 0 bridgehead atoms. The predicted octanol–water partition coefficient (Wildman–Crippen LogP) is 13.4. The Morgan fingerprint density at radius 1 is 0.500 bits per heavy atom. The number of hydrogen-bond acceptors (Lipinski definition) is 4. The second-order valence-corrected chi connectivity index (χ2v) is 13.9. The third-order valence-electron chi connectivity index (χ3n) is 9.16. The lowest BCUT2D eigenvalue weighted by atomic mass is 10.0. The van der Waals surface area contributed by atoms with Crippen LogP contribution >= 0.6 is 0 Å². The summed E-state index contributed by atoms with van der Waals surface area (Å²) in [5.41, 5.74) is 4.75. The van der Waals surface area contributed by atoms with Crippen molar-refractivity contribution in [3.05, 3.63) is 59.7 Å². The first kappa shape index (κ1) is 41.3. The molecule has 4 nitrogen and oxygen atoms in total. The van der Waals surface area contributed by atoms with Crippen LogP contribution in [0.1, 0.15) is 180 Å². The van der Waals surface area contributed by atoms with E-state index >= 15 is 0 Å². The summed E-state index contributed by atoms with van der Waals surface area (Å²) in [7, 11) is 0. The van der Waals surface area contributed by atoms with Gasteiger partial charge in [-0.2, -0.15) is 0 Å². The molecular formula is C44H68N2O2. The lowest BCUT2D eigenvalue weighted by Gasteiger charge is -2.06. The largest absolute Gasteiger partial charge is 0.299 e. The van der Waals surface area contributed by atoms with Crippen LogP contribution < -0.4 is 0 Å². The van der Waals surface area contributed by atoms with E-state index < -0.39 is 0 Å². The van der Waals surface area contributed by atoms with Crippen LogP contribution in [0.5, 0.6) is 0 Å². The van der Waals surface area contributed by atoms with Crippen molar-refractivity contribution in [1.29, 1.82) is 0 Å². The Labute approximate surface area is 294 Å². The Kier molecular flexibility index (Phi) is 24.1. The molecule has 0 atom stereocenters. The maximum atomic E-state index is 12.7. The molecule has 0 radical (unpaired) electrons. The first-order valence-corrected chi connectivity index (χ1v) is 19.9. The second kappa shape index (κ2) is 28.0. The van der Waals surface area contributed by atoms with Gasteiger partial charge in [-0.15, -0.1) is 0 Å². The number of unbranched alkanes of at least 4 members (excludes halogenated alkanes) is 17. The minimum Gasteiger partial charge on any atom is -0.299 e. The van der Waals surface area contributed by atoms with Crippen LogP contribution in [0.4, 0.5) is 11.4 Å². The van der Waals surface area contributed by atoms with Crippen molar-refractivity contribution in [2.75, 3.05) is 0 Å². The SMILES string of the molecule is CCCCCCCCCCC(=O)Cc1cccc(N=CC(CCCCCC)=Nc2cccc(CC(=O)CCCCCCCCCC)c2)c1. The van der Waals surface area contributed by atoms with Crippen molar-refractivity contribution in [3.63, 3.8) is 0 Å². The van der Waals surface area contributed by atoms with Crippen LogP contribution in [0.25, 0.3) is 0 Å². The molecule has 0 N–H and O–H groups in total. The van der Waals surface area contributed by atoms with Crippen molar-refractivity contribution in [2.45, 2.75) is 181 Å². The van der Waals surface area contributed by atoms with Gasteiger partial charge >= 0.3 is 0 Å². The molecule has 0 aromatic heterocycles. The second-order valence-electron chi connectivity index (χ2n) is 13.9. The van der Waals surface area contributed by atoms with Gasteiger partial charge in [0.25, 0.3) is 0 Å². The molecule has 4 heteroatoms. The Balaban J connectivity index is 1.92. The van der Waals surface area contributed by atoms with E-state index in [0.29, 0.717) is 37.2 Å². The van der Waals surface area contributed by atoms with Crippen LogP contribution in [0.15, 0.2) is 58.5 Å². The molecule has 0 aliphatic heterocycles. The van der Waals surface area contributed by atoms with E-state index in [2.05, 4.69) is 26.8 Å². The highest BCUT2D eigenvalue weighted by Crippen LogP contribution is 2.20. The first-order chi connectivity index (χ1) is 23.5. The summed E-state index contributed by atoms with van der Waals surface area (Å²) in [5.74, 6) is 0.635. The van der Waals surface area contributed by atoms with Gasteiger partial charge in [0.2, 0.25) is 0 Å². The van der Waals surface area contributed by atoms with Crippen molar-refractivity contribution in [1.82, 2.24) is 0 Å². The average Bonchev–Trinajstić information content (AvgIpc) is 3.08. The van der Waals surface area contributed by atoms with E-state index in [1.54, 1.807) is 0 Å². The summed E-state index contributed by atoms with van der Waals surface area (Å²) in [6.07, 6.45) is 29.7. The van der Waals surface area contributed by atoms with E-state index in [1.165, 1.54) is 96.3 Å². The quantitative estimate of drug-likeness (QED) is 0.0620. The molecule has 2 rings (SSSR count). The summed E-state index contributed by atoms with van der Waals surface area (Å²) >= 11 is 0. The fourth-order valence-electron chi connectivity index (χ4n) is 6.22. The first-order valence-electron chi connectivity index (χ1n) is 19.9. The van der Waals surface area contributed by atoms with Crippen molar-refractivity contribution in [3.8, 4) is 0 Å². The van der Waals surface area contributed by atoms with Gasteiger partial charge in [0.05, 0.1) is 17.1 Å². The molecule has 0 heterocycles. The van der Waals surface area contributed by atoms with Gasteiger partial charge in [0.15, 0.2) is 0 Å². The van der Waals surface area contributed by atoms with E-state index in [0.717, 1.165) is 66.7 Å². The predicted molar refractivity (Wildman–Crippen MR) is 209 cm³/mol. The maximum Gasteiger partial charge on any atom is 0.137 e. The topological polar surface area (TPSA) is 58.9 Å².